The molecule has 4 aromatic rings. The lowest BCUT2D eigenvalue weighted by molar-refractivity contribution is -0.113. The summed E-state index contributed by atoms with van der Waals surface area (Å²) in [6.45, 7) is 8.86. The Kier molecular flexibility index (Phi) is 6.01. The molecule has 3 unspecified atom stereocenters. The summed E-state index contributed by atoms with van der Waals surface area (Å²) in [5.41, 5.74) is 7.55. The van der Waals surface area contributed by atoms with Crippen molar-refractivity contribution < 1.29 is 4.79 Å². The van der Waals surface area contributed by atoms with Gasteiger partial charge in [-0.25, -0.2) is 4.98 Å². The number of carbonyl (C=O) groups is 1. The first kappa shape index (κ1) is 23.0. The summed E-state index contributed by atoms with van der Waals surface area (Å²) < 4.78 is 1.75. The average Bonchev–Trinajstić information content (AvgIpc) is 3.46. The molecule has 5 rings (SSSR count). The molecule has 0 spiro atoms. The average molecular weight is 469 g/mol. The van der Waals surface area contributed by atoms with E-state index in [9.17, 15) is 4.79 Å². The van der Waals surface area contributed by atoms with Gasteiger partial charge in [0.25, 0.3) is 5.91 Å². The number of hydrogen-bond acceptors (Lipinski definition) is 4. The van der Waals surface area contributed by atoms with E-state index >= 15 is 0 Å². The largest absolute Gasteiger partial charge is 0.338 e. The molecule has 180 valence electrons. The summed E-state index contributed by atoms with van der Waals surface area (Å²) in [7, 11) is 1.86. The molecule has 3 atom stereocenters. The third kappa shape index (κ3) is 4.38. The number of anilines is 1. The molecule has 35 heavy (non-hydrogen) atoms. The molecule has 0 bridgehead atoms. The van der Waals surface area contributed by atoms with E-state index in [1.165, 1.54) is 12.0 Å². The van der Waals surface area contributed by atoms with Crippen LogP contribution in [0.25, 0.3) is 22.4 Å². The number of fused-ring (bicyclic) bond motifs is 2. The third-order valence-electron chi connectivity index (χ3n) is 7.45. The van der Waals surface area contributed by atoms with Crippen molar-refractivity contribution >= 4 is 22.6 Å². The predicted molar refractivity (Wildman–Crippen MR) is 139 cm³/mol. The van der Waals surface area contributed by atoms with Crippen LogP contribution in [0, 0.1) is 5.92 Å². The molecule has 0 radical (unpaired) electrons. The first-order valence-corrected chi connectivity index (χ1v) is 12.3. The Hall–Kier alpha value is -3.74. The lowest BCUT2D eigenvalue weighted by Crippen LogP contribution is -2.21. The normalized spacial score (nSPS) is 17.1. The molecule has 1 amide bonds. The fourth-order valence-electron chi connectivity index (χ4n) is 4.79. The third-order valence-corrected chi connectivity index (χ3v) is 7.45. The van der Waals surface area contributed by atoms with E-state index in [1.807, 2.05) is 38.2 Å². The Morgan fingerprint density at radius 1 is 1.20 bits per heavy atom. The maximum Gasteiger partial charge on any atom is 0.251 e. The van der Waals surface area contributed by atoms with E-state index in [0.717, 1.165) is 45.1 Å². The van der Waals surface area contributed by atoms with Gasteiger partial charge in [-0.1, -0.05) is 69.7 Å². The number of H-pyrrole nitrogens is 1. The quantitative estimate of drug-likeness (QED) is 0.378. The number of nitrogens with one attached hydrogen (secondary N) is 2. The van der Waals surface area contributed by atoms with Gasteiger partial charge in [0, 0.05) is 36.2 Å². The summed E-state index contributed by atoms with van der Waals surface area (Å²) in [5.74, 6) is 1.96. The smallest absolute Gasteiger partial charge is 0.251 e. The number of aromatic nitrogens is 5. The van der Waals surface area contributed by atoms with Crippen LogP contribution >= 0.6 is 0 Å². The van der Waals surface area contributed by atoms with Crippen molar-refractivity contribution in [3.63, 3.8) is 0 Å². The maximum atomic E-state index is 13.0. The van der Waals surface area contributed by atoms with Gasteiger partial charge in [-0.05, 0) is 35.6 Å². The maximum absolute atomic E-state index is 13.0. The Balaban J connectivity index is 1.33. The summed E-state index contributed by atoms with van der Waals surface area (Å²) >= 11 is 0. The van der Waals surface area contributed by atoms with E-state index in [4.69, 9.17) is 4.98 Å². The lowest BCUT2D eigenvalue weighted by Gasteiger charge is -2.18. The molecule has 2 heterocycles. The lowest BCUT2D eigenvalue weighted by atomic mass is 9.87. The fraction of sp³-hybridized carbons (Fsp3) is 0.357. The minimum atomic E-state index is -0.103. The van der Waals surface area contributed by atoms with Gasteiger partial charge in [-0.15, -0.1) is 5.10 Å². The predicted octanol–water partition coefficient (Wildman–Crippen LogP) is 5.73. The van der Waals surface area contributed by atoms with Crippen LogP contribution in [0.15, 0.2) is 54.1 Å². The summed E-state index contributed by atoms with van der Waals surface area (Å²) in [4.78, 5) is 21.2. The van der Waals surface area contributed by atoms with Gasteiger partial charge in [0.1, 0.15) is 5.82 Å². The number of aryl methyl sites for hydroxylation is 1. The van der Waals surface area contributed by atoms with Crippen molar-refractivity contribution in [1.82, 2.24) is 25.0 Å². The number of nitrogens with zero attached hydrogens (tertiary/aromatic N) is 4. The van der Waals surface area contributed by atoms with Gasteiger partial charge in [0.05, 0.1) is 22.4 Å². The van der Waals surface area contributed by atoms with Crippen molar-refractivity contribution in [2.24, 2.45) is 13.0 Å². The first-order chi connectivity index (χ1) is 16.8. The van der Waals surface area contributed by atoms with Crippen molar-refractivity contribution in [3.05, 3.63) is 71.1 Å². The summed E-state index contributed by atoms with van der Waals surface area (Å²) in [5, 5.41) is 11.4. The number of amides is 1. The molecule has 2 aromatic heterocycles. The molecule has 1 aliphatic rings. The van der Waals surface area contributed by atoms with E-state index in [1.54, 1.807) is 4.68 Å². The van der Waals surface area contributed by atoms with E-state index < -0.39 is 0 Å². The molecule has 7 heteroatoms. The number of hydrogen-bond donors (Lipinski definition) is 2. The minimum absolute atomic E-state index is 0.0606. The van der Waals surface area contributed by atoms with Gasteiger partial charge >= 0.3 is 0 Å². The zero-order valence-electron chi connectivity index (χ0n) is 21.0. The Morgan fingerprint density at radius 3 is 2.71 bits per heavy atom. The number of aromatic amines is 1. The number of benzene rings is 2. The Bertz CT molecular complexity index is 1410. The fourth-order valence-corrected chi connectivity index (χ4v) is 4.79. The number of imidazole rings is 1. The highest BCUT2D eigenvalue weighted by Crippen LogP contribution is 2.30. The molecular weight excluding hydrogens is 436 g/mol. The highest BCUT2D eigenvalue weighted by Gasteiger charge is 2.25. The van der Waals surface area contributed by atoms with Gasteiger partial charge in [-0.3, -0.25) is 9.48 Å². The molecule has 1 aliphatic carbocycles. The Morgan fingerprint density at radius 2 is 1.97 bits per heavy atom. The first-order valence-electron chi connectivity index (χ1n) is 12.3. The second kappa shape index (κ2) is 9.13. The molecule has 7 nitrogen and oxygen atoms in total. The molecule has 0 fully saturated rings. The summed E-state index contributed by atoms with van der Waals surface area (Å²) in [6, 6.07) is 14.4. The van der Waals surface area contributed by atoms with Crippen molar-refractivity contribution in [2.75, 3.05) is 5.32 Å². The molecule has 2 N–H and O–H groups in total. The molecule has 0 saturated carbocycles. The van der Waals surface area contributed by atoms with Crippen LogP contribution in [-0.4, -0.2) is 30.9 Å². The van der Waals surface area contributed by atoms with Crippen LogP contribution in [0.1, 0.15) is 62.9 Å². The number of rotatable bonds is 6. The van der Waals surface area contributed by atoms with Crippen LogP contribution in [0.5, 0.6) is 0 Å². The van der Waals surface area contributed by atoms with E-state index in [-0.39, 0.29) is 11.8 Å². The van der Waals surface area contributed by atoms with Gasteiger partial charge in [0.15, 0.2) is 0 Å². The minimum Gasteiger partial charge on any atom is -0.338 e. The zero-order chi connectivity index (χ0) is 24.7. The van der Waals surface area contributed by atoms with Crippen LogP contribution in [0.2, 0.25) is 0 Å². The van der Waals surface area contributed by atoms with Crippen molar-refractivity contribution in [3.8, 4) is 11.4 Å². The second-order valence-electron chi connectivity index (χ2n) is 9.77. The Labute approximate surface area is 205 Å². The molecule has 2 aromatic carbocycles. The molecule has 0 saturated heterocycles. The van der Waals surface area contributed by atoms with Gasteiger partial charge in [0.2, 0.25) is 0 Å². The second-order valence-corrected chi connectivity index (χ2v) is 9.77. The number of allylic oxidation sites excluding steroid dienone is 1. The van der Waals surface area contributed by atoms with Crippen LogP contribution in [-0.2, 0) is 18.3 Å². The summed E-state index contributed by atoms with van der Waals surface area (Å²) in [6.07, 6.45) is 3.67. The highest BCUT2D eigenvalue weighted by molar-refractivity contribution is 6.05. The molecular formula is C28H32N6O. The topological polar surface area (TPSA) is 88.5 Å². The van der Waals surface area contributed by atoms with Crippen molar-refractivity contribution in [2.45, 2.75) is 52.4 Å². The monoisotopic (exact) mass is 468 g/mol. The SMILES string of the molecule is CCC(C)C(C)c1ccc(-c2nc3ccc(NC(=O)C4=CC(C)c5nnn(C)c5C4)cc3[nH]2)cc1. The number of carbonyl (C=O) groups excluding carboxylic acids is 1. The van der Waals surface area contributed by atoms with Crippen LogP contribution < -0.4 is 5.32 Å². The van der Waals surface area contributed by atoms with E-state index in [2.05, 4.69) is 65.6 Å². The standard InChI is InChI=1S/C28H32N6O/c1-6-16(2)18(4)19-7-9-20(10-8-19)27-30-23-12-11-22(15-24(23)31-27)29-28(35)21-13-17(3)26-25(14-21)34(5)33-32-26/h7-13,15-18H,6,14H2,1-5H3,(H,29,35)(H,30,31). The van der Waals surface area contributed by atoms with Crippen molar-refractivity contribution in [1.29, 1.82) is 0 Å². The van der Waals surface area contributed by atoms with Crippen LogP contribution in [0.3, 0.4) is 0 Å². The van der Waals surface area contributed by atoms with Gasteiger partial charge < -0.3 is 10.3 Å². The molecule has 0 aliphatic heterocycles. The van der Waals surface area contributed by atoms with E-state index in [0.29, 0.717) is 18.3 Å². The highest BCUT2D eigenvalue weighted by atomic mass is 16.1. The van der Waals surface area contributed by atoms with Gasteiger partial charge in [-0.2, -0.15) is 0 Å². The zero-order valence-corrected chi connectivity index (χ0v) is 21.0. The van der Waals surface area contributed by atoms with Crippen LogP contribution in [0.4, 0.5) is 5.69 Å².